The van der Waals surface area contributed by atoms with E-state index in [-0.39, 0.29) is 55.1 Å². The quantitative estimate of drug-likeness (QED) is 0.124. The molecule has 0 aliphatic carbocycles. The second kappa shape index (κ2) is 17.0. The molecule has 2 aliphatic heterocycles. The van der Waals surface area contributed by atoms with Crippen molar-refractivity contribution in [3.05, 3.63) is 33.4 Å². The molecule has 1 N–H and O–H groups in total. The van der Waals surface area contributed by atoms with Crippen LogP contribution in [0.25, 0.3) is 0 Å². The van der Waals surface area contributed by atoms with Gasteiger partial charge >= 0.3 is 0 Å². The third-order valence-electron chi connectivity index (χ3n) is 6.39. The zero-order valence-corrected chi connectivity index (χ0v) is 22.5. The highest BCUT2D eigenvalue weighted by atomic mass is 32.2. The molecule has 0 unspecified atom stereocenters. The smallest absolute Gasteiger partial charge is 0.293 e. The molecule has 2 aliphatic rings. The van der Waals surface area contributed by atoms with Crippen molar-refractivity contribution in [1.29, 1.82) is 0 Å². The first kappa shape index (κ1) is 34.2. The van der Waals surface area contributed by atoms with Gasteiger partial charge in [0.05, 0.1) is 34.4 Å². The Morgan fingerprint density at radius 2 is 1.87 bits per heavy atom. The van der Waals surface area contributed by atoms with Crippen molar-refractivity contribution < 1.29 is 24.4 Å². The van der Waals surface area contributed by atoms with E-state index in [0.29, 0.717) is 38.3 Å². The lowest BCUT2D eigenvalue weighted by Gasteiger charge is -2.33. The van der Waals surface area contributed by atoms with Gasteiger partial charge in [-0.1, -0.05) is 28.7 Å². The average Bonchev–Trinajstić information content (AvgIpc) is 3.37. The first-order valence-electron chi connectivity index (χ1n) is 12.3. The third-order valence-corrected chi connectivity index (χ3v) is 9.16. The molecule has 0 saturated carbocycles. The summed E-state index contributed by atoms with van der Waals surface area (Å²) in [7, 11) is 1.51. The highest BCUT2D eigenvalue weighted by molar-refractivity contribution is 8.17. The van der Waals surface area contributed by atoms with E-state index in [9.17, 15) is 24.8 Å². The van der Waals surface area contributed by atoms with Crippen LogP contribution in [0.2, 0.25) is 0 Å². The number of ether oxygens (including phenoxy) is 1. The molecule has 2 heterocycles. The average molecular weight is 570 g/mol. The number of nitro benzene ring substituents is 1. The maximum Gasteiger partial charge on any atom is 0.293 e. The van der Waals surface area contributed by atoms with Crippen LogP contribution in [0.5, 0.6) is 5.75 Å². The normalized spacial score (nSPS) is 18.0. The third kappa shape index (κ3) is 8.60. The van der Waals surface area contributed by atoms with Crippen LogP contribution < -0.4 is 4.74 Å². The van der Waals surface area contributed by atoms with E-state index < -0.39 is 11.5 Å². The largest absolute Gasteiger partial charge is 0.478 e. The number of hydrogen-bond acceptors (Lipinski definition) is 10. The Balaban J connectivity index is 0.00000361. The summed E-state index contributed by atoms with van der Waals surface area (Å²) in [4.78, 5) is 41.4. The van der Waals surface area contributed by atoms with Crippen LogP contribution in [-0.2, 0) is 11.4 Å². The van der Waals surface area contributed by atoms with Crippen molar-refractivity contribution in [1.82, 2.24) is 14.6 Å². The van der Waals surface area contributed by atoms with E-state index in [1.54, 1.807) is 28.4 Å². The molecule has 2 saturated heterocycles. The standard InChI is InChI=1S/C23H34BN4O6S2.2CH4/c1-3-35-23(36-4-2)19-6-5-7-27(19)22(31)18-12-17(14-29)21(13-20(18)28(32)33)34-16-25-8-10-26(11-9-25)24-15-30;;/h12-13,15,19,23,29H,3-11,14,16H2,1-2H3;2*1H4/t19-;;/m0../s1. The number of piperazine rings is 1. The van der Waals surface area contributed by atoms with E-state index in [1.165, 1.54) is 19.5 Å². The molecule has 1 atom stereocenters. The summed E-state index contributed by atoms with van der Waals surface area (Å²) in [5.41, 5.74) is 0.0178. The van der Waals surface area contributed by atoms with Gasteiger partial charge in [0, 0.05) is 38.3 Å². The molecule has 2 fully saturated rings. The number of amides is 1. The minimum absolute atomic E-state index is 0. The minimum atomic E-state index is -0.556. The summed E-state index contributed by atoms with van der Waals surface area (Å²) in [6, 6.07) is 2.69. The molecule has 13 heteroatoms. The van der Waals surface area contributed by atoms with Gasteiger partial charge in [-0.25, -0.2) is 0 Å². The first-order chi connectivity index (χ1) is 17.4. The fourth-order valence-electron chi connectivity index (χ4n) is 4.56. The van der Waals surface area contributed by atoms with Gasteiger partial charge in [0.1, 0.15) is 18.0 Å². The number of rotatable bonds is 13. The molecule has 213 valence electrons. The Morgan fingerprint density at radius 3 is 2.42 bits per heavy atom. The fourth-order valence-corrected chi connectivity index (χ4v) is 7.43. The predicted molar refractivity (Wildman–Crippen MR) is 158 cm³/mol. The molecule has 3 rings (SSSR count). The van der Waals surface area contributed by atoms with E-state index in [0.717, 1.165) is 30.5 Å². The molecular formula is C25H42BN4O6S2. The minimum Gasteiger partial charge on any atom is -0.478 e. The summed E-state index contributed by atoms with van der Waals surface area (Å²) in [5, 5.41) is 22.0. The number of nitrogens with zero attached hydrogens (tertiary/aromatic N) is 4. The van der Waals surface area contributed by atoms with Gasteiger partial charge in [0.15, 0.2) is 0 Å². The topological polar surface area (TPSA) is 116 Å². The van der Waals surface area contributed by atoms with Crippen molar-refractivity contribution in [3.8, 4) is 5.75 Å². The number of nitro groups is 1. The van der Waals surface area contributed by atoms with Gasteiger partial charge in [-0.15, -0.1) is 23.5 Å². The summed E-state index contributed by atoms with van der Waals surface area (Å²) < 4.78 is 6.09. The van der Waals surface area contributed by atoms with Crippen molar-refractivity contribution in [3.63, 3.8) is 0 Å². The number of thioether (sulfide) groups is 2. The Labute approximate surface area is 236 Å². The lowest BCUT2D eigenvalue weighted by Crippen LogP contribution is -2.49. The lowest BCUT2D eigenvalue weighted by atomic mass is 9.94. The number of likely N-dealkylation sites (tertiary alicyclic amines) is 1. The Morgan fingerprint density at radius 1 is 1.21 bits per heavy atom. The first-order valence-corrected chi connectivity index (χ1v) is 14.4. The highest BCUT2D eigenvalue weighted by Gasteiger charge is 2.38. The molecular weight excluding hydrogens is 527 g/mol. The number of aliphatic hydroxyl groups is 1. The predicted octanol–water partition coefficient (Wildman–Crippen LogP) is 3.56. The van der Waals surface area contributed by atoms with Crippen molar-refractivity contribution in [2.75, 3.05) is 51.0 Å². The lowest BCUT2D eigenvalue weighted by molar-refractivity contribution is -0.385. The summed E-state index contributed by atoms with van der Waals surface area (Å²) >= 11 is 3.61. The zero-order valence-electron chi connectivity index (χ0n) is 20.8. The molecule has 38 heavy (non-hydrogen) atoms. The van der Waals surface area contributed by atoms with Crippen LogP contribution in [0.4, 0.5) is 5.69 Å². The van der Waals surface area contributed by atoms with E-state index >= 15 is 0 Å². The fraction of sp³-hybridized carbons (Fsp3) is 0.680. The Bertz CT molecular complexity index is 914. The second-order valence-electron chi connectivity index (χ2n) is 8.59. The van der Waals surface area contributed by atoms with Crippen LogP contribution in [0.1, 0.15) is 57.5 Å². The van der Waals surface area contributed by atoms with Crippen LogP contribution in [0.3, 0.4) is 0 Å². The summed E-state index contributed by atoms with van der Waals surface area (Å²) in [6.07, 6.45) is 2.49. The molecule has 1 radical (unpaired) electrons. The zero-order chi connectivity index (χ0) is 26.1. The molecule has 1 aromatic carbocycles. The number of hydrogen-bond donors (Lipinski definition) is 1. The number of benzene rings is 1. The molecule has 1 aromatic rings. The van der Waals surface area contributed by atoms with Crippen LogP contribution in [0, 0.1) is 10.1 Å². The highest BCUT2D eigenvalue weighted by Crippen LogP contribution is 2.37. The van der Waals surface area contributed by atoms with Crippen molar-refractivity contribution in [2.45, 2.75) is 58.8 Å². The van der Waals surface area contributed by atoms with E-state index in [4.69, 9.17) is 4.74 Å². The monoisotopic (exact) mass is 569 g/mol. The number of carbonyl (C=O) groups excluding carboxylic acids is 2. The van der Waals surface area contributed by atoms with E-state index in [1.807, 2.05) is 9.71 Å². The molecule has 1 amide bonds. The van der Waals surface area contributed by atoms with Crippen molar-refractivity contribution >= 4 is 48.7 Å². The molecule has 0 bridgehead atoms. The van der Waals surface area contributed by atoms with E-state index in [2.05, 4.69) is 13.8 Å². The SMILES string of the molecule is C.C.CCSC(SCC)[C@@H]1CCCN1C(=O)c1cc(CO)c(OCN2CCN([B]C=O)CC2)cc1[N+](=O)[O-]. The second-order valence-corrected chi connectivity index (χ2v) is 11.7. The van der Waals surface area contributed by atoms with Gasteiger partial charge in [0.2, 0.25) is 0 Å². The molecule has 0 spiro atoms. The maximum absolute atomic E-state index is 13.6. The van der Waals surface area contributed by atoms with Gasteiger partial charge < -0.3 is 24.3 Å². The van der Waals surface area contributed by atoms with Crippen molar-refractivity contribution in [2.24, 2.45) is 0 Å². The van der Waals surface area contributed by atoms with Gasteiger partial charge in [0.25, 0.3) is 19.0 Å². The Kier molecular flexibility index (Phi) is 15.3. The van der Waals surface area contributed by atoms with Gasteiger partial charge in [-0.3, -0.25) is 19.8 Å². The number of aliphatic hydroxyl groups excluding tert-OH is 1. The molecule has 10 nitrogen and oxygen atoms in total. The summed E-state index contributed by atoms with van der Waals surface area (Å²) in [5.74, 6) is 1.69. The maximum atomic E-state index is 13.6. The number of carbonyl (C=O) groups is 2. The van der Waals surface area contributed by atoms with Crippen LogP contribution >= 0.6 is 23.5 Å². The van der Waals surface area contributed by atoms with Crippen LogP contribution in [-0.4, -0.2) is 106 Å². The van der Waals surface area contributed by atoms with Gasteiger partial charge in [-0.05, 0) is 30.4 Å². The van der Waals surface area contributed by atoms with Gasteiger partial charge in [-0.2, -0.15) is 0 Å². The van der Waals surface area contributed by atoms with Crippen LogP contribution in [0.15, 0.2) is 12.1 Å². The molecule has 0 aromatic heterocycles. The Hall–Kier alpha value is -1.80. The summed E-state index contributed by atoms with van der Waals surface area (Å²) in [6.45, 7) is 7.21.